The normalized spacial score (nSPS) is 49.1. The van der Waals surface area contributed by atoms with E-state index in [1.54, 1.807) is 0 Å². The Balaban J connectivity index is 2.13. The largest absolute Gasteiger partial charge is 0.459 e. The van der Waals surface area contributed by atoms with Gasteiger partial charge in [0.25, 0.3) is 0 Å². The summed E-state index contributed by atoms with van der Waals surface area (Å²) in [7, 11) is 0. The van der Waals surface area contributed by atoms with Crippen molar-refractivity contribution in [1.82, 2.24) is 0 Å². The van der Waals surface area contributed by atoms with Crippen LogP contribution in [0.5, 0.6) is 0 Å². The van der Waals surface area contributed by atoms with Gasteiger partial charge in [0, 0.05) is 5.92 Å². The van der Waals surface area contributed by atoms with Gasteiger partial charge in [-0.15, -0.1) is 0 Å². The molecule has 2 fully saturated rings. The molecule has 0 amide bonds. The first-order chi connectivity index (χ1) is 5.18. The van der Waals surface area contributed by atoms with Crippen molar-refractivity contribution in [3.8, 4) is 0 Å². The lowest BCUT2D eigenvalue weighted by Crippen LogP contribution is -2.22. The minimum atomic E-state index is -0.112. The lowest BCUT2D eigenvalue weighted by molar-refractivity contribution is -0.142. The number of rotatable bonds is 0. The van der Waals surface area contributed by atoms with Crippen molar-refractivity contribution in [1.29, 1.82) is 0 Å². The van der Waals surface area contributed by atoms with Gasteiger partial charge in [-0.1, -0.05) is 6.92 Å². The van der Waals surface area contributed by atoms with Crippen molar-refractivity contribution in [2.75, 3.05) is 0 Å². The van der Waals surface area contributed by atoms with Crippen molar-refractivity contribution < 1.29 is 14.3 Å². The Hall–Kier alpha value is -0.570. The second kappa shape index (κ2) is 2.21. The van der Waals surface area contributed by atoms with E-state index in [2.05, 4.69) is 6.92 Å². The Kier molecular flexibility index (Phi) is 1.42. The second-order valence-electron chi connectivity index (χ2n) is 3.40. The van der Waals surface area contributed by atoms with Gasteiger partial charge in [0.05, 0.1) is 12.5 Å². The molecule has 0 aromatic rings. The number of ether oxygens (including phenoxy) is 2. The third kappa shape index (κ3) is 0.948. The topological polar surface area (TPSA) is 35.5 Å². The van der Waals surface area contributed by atoms with Crippen LogP contribution >= 0.6 is 0 Å². The van der Waals surface area contributed by atoms with Crippen LogP contribution in [0, 0.1) is 5.92 Å². The molecule has 0 aliphatic carbocycles. The highest BCUT2D eigenvalue weighted by atomic mass is 16.6. The molecule has 3 heteroatoms. The molecule has 2 rings (SSSR count). The van der Waals surface area contributed by atoms with Crippen molar-refractivity contribution in [2.45, 2.75) is 38.6 Å². The van der Waals surface area contributed by atoms with Crippen LogP contribution in [0.3, 0.4) is 0 Å². The number of hydrogen-bond donors (Lipinski definition) is 0. The molecule has 2 saturated heterocycles. The third-order valence-corrected chi connectivity index (χ3v) is 2.65. The first-order valence-corrected chi connectivity index (χ1v) is 4.03. The van der Waals surface area contributed by atoms with E-state index in [9.17, 15) is 4.79 Å². The summed E-state index contributed by atoms with van der Waals surface area (Å²) in [5.74, 6) is 0.241. The Labute approximate surface area is 65.7 Å². The minimum Gasteiger partial charge on any atom is -0.459 e. The van der Waals surface area contributed by atoms with Gasteiger partial charge in [-0.05, 0) is 6.92 Å². The molecule has 0 radical (unpaired) electrons. The molecule has 0 spiro atoms. The van der Waals surface area contributed by atoms with Crippen LogP contribution in [-0.4, -0.2) is 24.3 Å². The van der Waals surface area contributed by atoms with Gasteiger partial charge in [-0.25, -0.2) is 0 Å². The van der Waals surface area contributed by atoms with E-state index < -0.39 is 0 Å². The van der Waals surface area contributed by atoms with Gasteiger partial charge < -0.3 is 9.47 Å². The number of esters is 1. The van der Waals surface area contributed by atoms with Gasteiger partial charge in [-0.3, -0.25) is 4.79 Å². The molecule has 2 aliphatic heterocycles. The molecule has 62 valence electrons. The average Bonchev–Trinajstić information content (AvgIpc) is 2.37. The molecule has 0 saturated carbocycles. The zero-order valence-corrected chi connectivity index (χ0v) is 6.74. The average molecular weight is 156 g/mol. The van der Waals surface area contributed by atoms with Crippen molar-refractivity contribution >= 4 is 5.97 Å². The molecule has 2 heterocycles. The fourth-order valence-electron chi connectivity index (χ4n) is 1.79. The number of carbonyl (C=O) groups is 1. The molecular weight excluding hydrogens is 144 g/mol. The van der Waals surface area contributed by atoms with Crippen LogP contribution in [0.15, 0.2) is 0 Å². The van der Waals surface area contributed by atoms with E-state index in [1.807, 2.05) is 6.92 Å². The molecule has 0 aromatic heterocycles. The number of hydrogen-bond acceptors (Lipinski definition) is 3. The van der Waals surface area contributed by atoms with Crippen molar-refractivity contribution in [2.24, 2.45) is 5.92 Å². The van der Waals surface area contributed by atoms with E-state index >= 15 is 0 Å². The molecule has 11 heavy (non-hydrogen) atoms. The zero-order valence-electron chi connectivity index (χ0n) is 6.74. The highest BCUT2D eigenvalue weighted by Crippen LogP contribution is 2.35. The number of fused-ring (bicyclic) bond motifs is 1. The maximum Gasteiger partial charge on any atom is 0.308 e. The fraction of sp³-hybridized carbons (Fsp3) is 0.875. The zero-order chi connectivity index (χ0) is 8.01. The van der Waals surface area contributed by atoms with Gasteiger partial charge in [-0.2, -0.15) is 0 Å². The second-order valence-corrected chi connectivity index (χ2v) is 3.40. The highest BCUT2D eigenvalue weighted by Gasteiger charge is 2.47. The monoisotopic (exact) mass is 156 g/mol. The highest BCUT2D eigenvalue weighted by molar-refractivity contribution is 5.72. The van der Waals surface area contributed by atoms with E-state index in [-0.39, 0.29) is 24.3 Å². The molecule has 4 unspecified atom stereocenters. The minimum absolute atomic E-state index is 0.0255. The fourth-order valence-corrected chi connectivity index (χ4v) is 1.79. The molecule has 3 nitrogen and oxygen atoms in total. The predicted octanol–water partition coefficient (Wildman–Crippen LogP) is 0.725. The van der Waals surface area contributed by atoms with Gasteiger partial charge >= 0.3 is 5.97 Å². The maximum absolute atomic E-state index is 10.8. The van der Waals surface area contributed by atoms with Crippen molar-refractivity contribution in [3.05, 3.63) is 0 Å². The van der Waals surface area contributed by atoms with E-state index in [0.29, 0.717) is 12.3 Å². The molecule has 0 N–H and O–H groups in total. The van der Waals surface area contributed by atoms with Crippen LogP contribution in [-0.2, 0) is 14.3 Å². The summed E-state index contributed by atoms with van der Waals surface area (Å²) in [4.78, 5) is 10.8. The van der Waals surface area contributed by atoms with E-state index in [0.717, 1.165) is 0 Å². The molecule has 2 aliphatic rings. The summed E-state index contributed by atoms with van der Waals surface area (Å²) in [6.45, 7) is 4.09. The Bertz CT molecular complexity index is 190. The third-order valence-electron chi connectivity index (χ3n) is 2.65. The van der Waals surface area contributed by atoms with Crippen LogP contribution in [0.2, 0.25) is 0 Å². The smallest absolute Gasteiger partial charge is 0.308 e. The van der Waals surface area contributed by atoms with Gasteiger partial charge in [0.1, 0.15) is 12.2 Å². The standard InChI is InChI=1S/C8H12O3/c1-4-5(2)10-6-3-7(9)11-8(4)6/h4-6,8H,3H2,1-2H3. The van der Waals surface area contributed by atoms with E-state index in [1.165, 1.54) is 0 Å². The summed E-state index contributed by atoms with van der Waals surface area (Å²) in [5, 5.41) is 0. The number of carbonyl (C=O) groups excluding carboxylic acids is 1. The Morgan fingerprint density at radius 1 is 1.45 bits per heavy atom. The van der Waals surface area contributed by atoms with Crippen LogP contribution in [0.4, 0.5) is 0 Å². The summed E-state index contributed by atoms with van der Waals surface area (Å²) < 4.78 is 10.6. The molecule has 0 bridgehead atoms. The quantitative estimate of drug-likeness (QED) is 0.485. The molecular formula is C8H12O3. The van der Waals surface area contributed by atoms with Gasteiger partial charge in [0.2, 0.25) is 0 Å². The lowest BCUT2D eigenvalue weighted by Gasteiger charge is -2.12. The first kappa shape index (κ1) is 7.10. The lowest BCUT2D eigenvalue weighted by atomic mass is 10.00. The Morgan fingerprint density at radius 2 is 2.18 bits per heavy atom. The first-order valence-electron chi connectivity index (χ1n) is 4.03. The summed E-state index contributed by atoms with van der Waals surface area (Å²) >= 11 is 0. The summed E-state index contributed by atoms with van der Waals surface area (Å²) in [6.07, 6.45) is 0.738. The van der Waals surface area contributed by atoms with Crippen molar-refractivity contribution in [3.63, 3.8) is 0 Å². The Morgan fingerprint density at radius 3 is 2.82 bits per heavy atom. The molecule has 4 atom stereocenters. The van der Waals surface area contributed by atoms with Gasteiger partial charge in [0.15, 0.2) is 0 Å². The predicted molar refractivity (Wildman–Crippen MR) is 38.0 cm³/mol. The summed E-state index contributed by atoms with van der Waals surface area (Å²) in [5.41, 5.74) is 0. The van der Waals surface area contributed by atoms with Crippen LogP contribution < -0.4 is 0 Å². The van der Waals surface area contributed by atoms with E-state index in [4.69, 9.17) is 9.47 Å². The van der Waals surface area contributed by atoms with Crippen LogP contribution in [0.25, 0.3) is 0 Å². The molecule has 0 aromatic carbocycles. The van der Waals surface area contributed by atoms with Crippen LogP contribution in [0.1, 0.15) is 20.3 Å². The summed E-state index contributed by atoms with van der Waals surface area (Å²) in [6, 6.07) is 0. The SMILES string of the molecule is CC1OC2CC(=O)OC2C1C. The maximum atomic E-state index is 10.8.